The van der Waals surface area contributed by atoms with Crippen LogP contribution < -0.4 is 20.9 Å². The van der Waals surface area contributed by atoms with E-state index in [2.05, 4.69) is 10.6 Å². The van der Waals surface area contributed by atoms with Crippen LogP contribution in [0, 0.1) is 13.8 Å². The zero-order valence-electron chi connectivity index (χ0n) is 20.2. The number of aromatic hydroxyl groups is 1. The molecule has 0 saturated heterocycles. The third kappa shape index (κ3) is 6.57. The Labute approximate surface area is 213 Å². The number of hydrogen-bond acceptors (Lipinski definition) is 5. The van der Waals surface area contributed by atoms with Gasteiger partial charge in [0.2, 0.25) is 0 Å². The second-order valence-electron chi connectivity index (χ2n) is 8.31. The predicted molar refractivity (Wildman–Crippen MR) is 137 cm³/mol. The molecule has 0 saturated carbocycles. The summed E-state index contributed by atoms with van der Waals surface area (Å²) < 4.78 is 6.82. The maximum Gasteiger partial charge on any atom is 0.319 e. The van der Waals surface area contributed by atoms with E-state index < -0.39 is 23.6 Å². The fourth-order valence-electron chi connectivity index (χ4n) is 3.67. The number of hydrogen-bond donors (Lipinski definition) is 4. The smallest absolute Gasteiger partial charge is 0.319 e. The highest BCUT2D eigenvalue weighted by atomic mass is 35.5. The van der Waals surface area contributed by atoms with Gasteiger partial charge in [0.15, 0.2) is 5.69 Å². The van der Waals surface area contributed by atoms with E-state index >= 15 is 0 Å². The average molecular weight is 514 g/mol. The van der Waals surface area contributed by atoms with Crippen molar-refractivity contribution in [2.45, 2.75) is 39.8 Å². The zero-order valence-corrected chi connectivity index (χ0v) is 20.9. The molecule has 0 bridgehead atoms. The highest BCUT2D eigenvalue weighted by molar-refractivity contribution is 6.31. The number of nitrogens with one attached hydrogen (secondary N) is 2. The maximum absolute atomic E-state index is 13.2. The lowest BCUT2D eigenvalue weighted by Crippen LogP contribution is -2.36. The van der Waals surface area contributed by atoms with E-state index in [-0.39, 0.29) is 24.4 Å². The number of carbonyl (C=O) groups excluding carboxylic acids is 1. The summed E-state index contributed by atoms with van der Waals surface area (Å²) >= 11 is 6.31. The molecule has 0 radical (unpaired) electrons. The first kappa shape index (κ1) is 26.6. The summed E-state index contributed by atoms with van der Waals surface area (Å²) in [6, 6.07) is 10.5. The van der Waals surface area contributed by atoms with E-state index in [1.807, 2.05) is 13.8 Å². The Hall–Kier alpha value is -3.98. The van der Waals surface area contributed by atoms with Crippen molar-refractivity contribution >= 4 is 29.3 Å². The van der Waals surface area contributed by atoms with Crippen molar-refractivity contribution in [1.82, 2.24) is 9.88 Å². The van der Waals surface area contributed by atoms with Gasteiger partial charge in [0.25, 0.3) is 5.56 Å². The number of urea groups is 1. The lowest BCUT2D eigenvalue weighted by Gasteiger charge is -2.19. The fourth-order valence-corrected chi connectivity index (χ4v) is 3.85. The number of amides is 2. The van der Waals surface area contributed by atoms with Crippen LogP contribution in [0.25, 0.3) is 0 Å². The van der Waals surface area contributed by atoms with Crippen molar-refractivity contribution < 1.29 is 24.5 Å². The van der Waals surface area contributed by atoms with E-state index in [1.54, 1.807) is 49.4 Å². The number of benzene rings is 2. The van der Waals surface area contributed by atoms with Gasteiger partial charge in [-0.25, -0.2) is 4.79 Å². The van der Waals surface area contributed by atoms with Gasteiger partial charge in [-0.05, 0) is 50.1 Å². The molecule has 1 heterocycles. The Morgan fingerprint density at radius 1 is 1.14 bits per heavy atom. The normalized spacial score (nSPS) is 11.6. The van der Waals surface area contributed by atoms with Crippen LogP contribution in [0.4, 0.5) is 10.5 Å². The lowest BCUT2D eigenvalue weighted by molar-refractivity contribution is -0.137. The molecule has 1 atom stereocenters. The Kier molecular flexibility index (Phi) is 8.60. The van der Waals surface area contributed by atoms with Crippen LogP contribution in [0.1, 0.15) is 41.6 Å². The predicted octanol–water partition coefficient (Wildman–Crippen LogP) is 4.61. The highest BCUT2D eigenvalue weighted by Gasteiger charge is 2.21. The monoisotopic (exact) mass is 513 g/mol. The molecular weight excluding hydrogens is 486 g/mol. The van der Waals surface area contributed by atoms with E-state index in [0.29, 0.717) is 34.1 Å². The van der Waals surface area contributed by atoms with Gasteiger partial charge < -0.3 is 30.2 Å². The lowest BCUT2D eigenvalue weighted by atomic mass is 10.0. The molecule has 4 N–H and O–H groups in total. The summed E-state index contributed by atoms with van der Waals surface area (Å²) in [5.41, 5.74) is 1.55. The Morgan fingerprint density at radius 2 is 1.83 bits per heavy atom. The first-order chi connectivity index (χ1) is 17.1. The van der Waals surface area contributed by atoms with Gasteiger partial charge in [-0.3, -0.25) is 9.59 Å². The standard InChI is InChI=1S/C26H28ClN3O6/c1-4-36-19-9-10-20(27)18(11-19)14-30-13-16(3)24(33)23(25(30)34)29-26(35)28-21(12-22(31)32)17-7-5-15(2)6-8-17/h5-11,13,21,33H,4,12,14H2,1-3H3,(H,31,32)(H2,28,29,35)/t21-/m0/s1. The van der Waals surface area contributed by atoms with Crippen LogP contribution in [0.5, 0.6) is 11.5 Å². The molecule has 3 rings (SSSR count). The third-order valence-electron chi connectivity index (χ3n) is 5.51. The Bertz CT molecular complexity index is 1320. The van der Waals surface area contributed by atoms with Crippen molar-refractivity contribution in [3.63, 3.8) is 0 Å². The molecule has 0 aliphatic heterocycles. The molecule has 2 aromatic carbocycles. The van der Waals surface area contributed by atoms with Crippen LogP contribution in [0.3, 0.4) is 0 Å². The number of aryl methyl sites for hydroxylation is 2. The maximum atomic E-state index is 13.2. The summed E-state index contributed by atoms with van der Waals surface area (Å²) in [6.45, 7) is 5.87. The average Bonchev–Trinajstić information content (AvgIpc) is 2.82. The largest absolute Gasteiger partial charge is 0.505 e. The second-order valence-corrected chi connectivity index (χ2v) is 8.72. The molecule has 3 aromatic rings. The van der Waals surface area contributed by atoms with Crippen molar-refractivity contribution in [3.05, 3.63) is 86.3 Å². The molecule has 0 unspecified atom stereocenters. The van der Waals surface area contributed by atoms with Gasteiger partial charge in [0.1, 0.15) is 11.5 Å². The fraction of sp³-hybridized carbons (Fsp3) is 0.269. The molecule has 36 heavy (non-hydrogen) atoms. The van der Waals surface area contributed by atoms with Crippen LogP contribution in [0.2, 0.25) is 5.02 Å². The van der Waals surface area contributed by atoms with Crippen LogP contribution in [-0.2, 0) is 11.3 Å². The Balaban J connectivity index is 1.87. The molecule has 10 heteroatoms. The topological polar surface area (TPSA) is 130 Å². The summed E-state index contributed by atoms with van der Waals surface area (Å²) in [7, 11) is 0. The number of carboxylic acid groups (broad SMARTS) is 1. The first-order valence-electron chi connectivity index (χ1n) is 11.3. The minimum Gasteiger partial charge on any atom is -0.505 e. The second kappa shape index (κ2) is 11.6. The van der Waals surface area contributed by atoms with Gasteiger partial charge in [0.05, 0.1) is 25.6 Å². The molecular formula is C26H28ClN3O6. The molecule has 0 aliphatic carbocycles. The summed E-state index contributed by atoms with van der Waals surface area (Å²) in [5, 5.41) is 25.2. The molecule has 0 fully saturated rings. The molecule has 0 aliphatic rings. The molecule has 190 valence electrons. The van der Waals surface area contributed by atoms with E-state index in [0.717, 1.165) is 5.56 Å². The molecule has 1 aromatic heterocycles. The van der Waals surface area contributed by atoms with Crippen LogP contribution in [0.15, 0.2) is 53.5 Å². The van der Waals surface area contributed by atoms with Crippen molar-refractivity contribution in [2.75, 3.05) is 11.9 Å². The molecule has 9 nitrogen and oxygen atoms in total. The number of rotatable bonds is 9. The van der Waals surface area contributed by atoms with Crippen molar-refractivity contribution in [1.29, 1.82) is 0 Å². The highest BCUT2D eigenvalue weighted by Crippen LogP contribution is 2.26. The number of aromatic nitrogens is 1. The number of aliphatic carboxylic acids is 1. The number of halogens is 1. The molecule has 2 amide bonds. The summed E-state index contributed by atoms with van der Waals surface area (Å²) in [6.07, 6.45) is 1.10. The van der Waals surface area contributed by atoms with Gasteiger partial charge in [-0.15, -0.1) is 0 Å². The van der Waals surface area contributed by atoms with Crippen molar-refractivity contribution in [3.8, 4) is 11.5 Å². The van der Waals surface area contributed by atoms with E-state index in [9.17, 15) is 24.6 Å². The van der Waals surface area contributed by atoms with Gasteiger partial charge in [-0.1, -0.05) is 41.4 Å². The molecule has 0 spiro atoms. The number of ether oxygens (including phenoxy) is 1. The first-order valence-corrected chi connectivity index (χ1v) is 11.7. The van der Waals surface area contributed by atoms with Gasteiger partial charge in [-0.2, -0.15) is 0 Å². The number of pyridine rings is 1. The van der Waals surface area contributed by atoms with Crippen LogP contribution in [-0.4, -0.2) is 33.4 Å². The minimum atomic E-state index is -1.10. The van der Waals surface area contributed by atoms with Crippen LogP contribution >= 0.6 is 11.6 Å². The summed E-state index contributed by atoms with van der Waals surface area (Å²) in [4.78, 5) is 37.3. The third-order valence-corrected chi connectivity index (χ3v) is 5.87. The van der Waals surface area contributed by atoms with Crippen molar-refractivity contribution in [2.24, 2.45) is 0 Å². The van der Waals surface area contributed by atoms with Gasteiger partial charge >= 0.3 is 12.0 Å². The summed E-state index contributed by atoms with van der Waals surface area (Å²) in [5.74, 6) is -0.891. The van der Waals surface area contributed by atoms with E-state index in [1.165, 1.54) is 10.8 Å². The number of carboxylic acids is 1. The number of nitrogens with zero attached hydrogens (tertiary/aromatic N) is 1. The zero-order chi connectivity index (χ0) is 26.4. The quantitative estimate of drug-likeness (QED) is 0.330. The Morgan fingerprint density at radius 3 is 2.47 bits per heavy atom. The number of carbonyl (C=O) groups is 2. The minimum absolute atomic E-state index is 0.0704. The van der Waals surface area contributed by atoms with Gasteiger partial charge in [0, 0.05) is 16.8 Å². The number of anilines is 1. The van der Waals surface area contributed by atoms with E-state index in [4.69, 9.17) is 16.3 Å². The SMILES string of the molecule is CCOc1ccc(Cl)c(Cn2cc(C)c(O)c(NC(=O)N[C@@H](CC(=O)O)c3ccc(C)cc3)c2=O)c1.